The van der Waals surface area contributed by atoms with Crippen LogP contribution in [0.4, 0.5) is 5.82 Å². The molecule has 0 radical (unpaired) electrons. The average Bonchev–Trinajstić information content (AvgIpc) is 3.24. The number of rotatable bonds is 7. The molecule has 0 bridgehead atoms. The minimum Gasteiger partial charge on any atom is -0.355 e. The molecule has 1 aliphatic rings. The lowest BCUT2D eigenvalue weighted by atomic mass is 9.99. The van der Waals surface area contributed by atoms with Gasteiger partial charge in [0.05, 0.1) is 27.4 Å². The van der Waals surface area contributed by atoms with Crippen molar-refractivity contribution in [2.24, 2.45) is 0 Å². The van der Waals surface area contributed by atoms with Crippen molar-refractivity contribution >= 4 is 52.6 Å². The van der Waals surface area contributed by atoms with E-state index < -0.39 is 0 Å². The third-order valence-electron chi connectivity index (χ3n) is 6.24. The number of carbonyl (C=O) groups is 2. The Morgan fingerprint density at radius 2 is 1.82 bits per heavy atom. The van der Waals surface area contributed by atoms with E-state index in [0.717, 1.165) is 23.1 Å². The van der Waals surface area contributed by atoms with Gasteiger partial charge in [-0.2, -0.15) is 5.10 Å². The Morgan fingerprint density at radius 1 is 1.05 bits per heavy atom. The molecular weight excluding hydrogens is 539 g/mol. The molecule has 0 saturated carbocycles. The van der Waals surface area contributed by atoms with E-state index in [1.165, 1.54) is 11.8 Å². The summed E-state index contributed by atoms with van der Waals surface area (Å²) < 4.78 is 1.70. The topological polar surface area (TPSA) is 67.2 Å². The van der Waals surface area contributed by atoms with Crippen LogP contribution in [0.5, 0.6) is 0 Å². The van der Waals surface area contributed by atoms with Gasteiger partial charge in [0.15, 0.2) is 0 Å². The van der Waals surface area contributed by atoms with Gasteiger partial charge in [-0.05, 0) is 36.2 Å². The van der Waals surface area contributed by atoms with Crippen molar-refractivity contribution in [2.75, 3.05) is 23.7 Å². The van der Waals surface area contributed by atoms with Crippen LogP contribution in [-0.2, 0) is 9.59 Å². The van der Waals surface area contributed by atoms with Crippen molar-refractivity contribution in [2.45, 2.75) is 18.6 Å². The third-order valence-corrected chi connectivity index (χ3v) is 8.05. The van der Waals surface area contributed by atoms with Crippen molar-refractivity contribution < 1.29 is 9.59 Å². The SMILES string of the molecule is CCCNC(=O)CN1C(=O)CS[C@H](c2cccc(Cl)c2)c2c(-c3ccccc3)nn(-c3ccccc3Cl)c21. The number of aromatic nitrogens is 2. The number of hydrogen-bond donors (Lipinski definition) is 1. The first-order valence-electron chi connectivity index (χ1n) is 12.3. The van der Waals surface area contributed by atoms with Gasteiger partial charge >= 0.3 is 0 Å². The number of hydrogen-bond acceptors (Lipinski definition) is 4. The minimum atomic E-state index is -0.261. The number of nitrogens with one attached hydrogen (secondary N) is 1. The molecule has 0 unspecified atom stereocenters. The van der Waals surface area contributed by atoms with Crippen LogP contribution in [-0.4, -0.2) is 40.4 Å². The Balaban J connectivity index is 1.80. The van der Waals surface area contributed by atoms with Crippen LogP contribution in [0.1, 0.15) is 29.7 Å². The molecule has 1 atom stereocenters. The first kappa shape index (κ1) is 26.4. The number of amides is 2. The first-order valence-corrected chi connectivity index (χ1v) is 14.2. The zero-order chi connectivity index (χ0) is 26.6. The number of fused-ring (bicyclic) bond motifs is 1. The highest BCUT2D eigenvalue weighted by molar-refractivity contribution is 8.00. The smallest absolute Gasteiger partial charge is 0.240 e. The highest BCUT2D eigenvalue weighted by Crippen LogP contribution is 2.49. The van der Waals surface area contributed by atoms with E-state index in [1.807, 2.05) is 79.7 Å². The highest BCUT2D eigenvalue weighted by atomic mass is 35.5. The number of benzene rings is 3. The Hall–Kier alpha value is -3.26. The predicted octanol–water partition coefficient (Wildman–Crippen LogP) is 6.54. The molecule has 0 spiro atoms. The molecule has 6 nitrogen and oxygen atoms in total. The summed E-state index contributed by atoms with van der Waals surface area (Å²) in [7, 11) is 0. The Labute approximate surface area is 235 Å². The summed E-state index contributed by atoms with van der Waals surface area (Å²) in [5, 5.41) is 8.77. The Morgan fingerprint density at radius 3 is 2.55 bits per heavy atom. The van der Waals surface area contributed by atoms with Gasteiger partial charge in [-0.1, -0.05) is 84.7 Å². The fourth-order valence-electron chi connectivity index (χ4n) is 4.52. The molecule has 194 valence electrons. The van der Waals surface area contributed by atoms with Gasteiger partial charge in [0, 0.05) is 22.7 Å². The Bertz CT molecular complexity index is 1470. The zero-order valence-corrected chi connectivity index (χ0v) is 23.1. The van der Waals surface area contributed by atoms with Gasteiger partial charge in [0.2, 0.25) is 11.8 Å². The van der Waals surface area contributed by atoms with E-state index in [9.17, 15) is 9.59 Å². The van der Waals surface area contributed by atoms with Gasteiger partial charge in [0.1, 0.15) is 12.4 Å². The quantitative estimate of drug-likeness (QED) is 0.276. The van der Waals surface area contributed by atoms with Crippen LogP contribution < -0.4 is 10.2 Å². The van der Waals surface area contributed by atoms with Gasteiger partial charge < -0.3 is 5.32 Å². The van der Waals surface area contributed by atoms with Crippen LogP contribution in [0.2, 0.25) is 10.0 Å². The second-order valence-electron chi connectivity index (χ2n) is 8.89. The molecule has 9 heteroatoms. The number of carbonyl (C=O) groups excluding carboxylic acids is 2. The van der Waals surface area contributed by atoms with E-state index in [4.69, 9.17) is 28.3 Å². The highest BCUT2D eigenvalue weighted by Gasteiger charge is 2.38. The number of thioether (sulfide) groups is 1. The van der Waals surface area contributed by atoms with E-state index in [2.05, 4.69) is 5.32 Å². The van der Waals surface area contributed by atoms with E-state index in [1.54, 1.807) is 15.6 Å². The largest absolute Gasteiger partial charge is 0.355 e. The first-order chi connectivity index (χ1) is 18.5. The maximum atomic E-state index is 13.7. The lowest BCUT2D eigenvalue weighted by molar-refractivity contribution is -0.122. The molecule has 0 aliphatic carbocycles. The summed E-state index contributed by atoms with van der Waals surface area (Å²) in [6, 6.07) is 24.8. The molecule has 1 aromatic heterocycles. The van der Waals surface area contributed by atoms with E-state index >= 15 is 0 Å². The fraction of sp³-hybridized carbons (Fsp3) is 0.207. The fourth-order valence-corrected chi connectivity index (χ4v) is 6.12. The summed E-state index contributed by atoms with van der Waals surface area (Å²) in [5.41, 5.74) is 4.01. The van der Waals surface area contributed by atoms with Crippen molar-refractivity contribution in [3.63, 3.8) is 0 Å². The summed E-state index contributed by atoms with van der Waals surface area (Å²) in [6.07, 6.45) is 0.799. The lowest BCUT2D eigenvalue weighted by Crippen LogP contribution is -2.42. The molecule has 0 fully saturated rings. The minimum absolute atomic E-state index is 0.126. The number of nitrogens with zero attached hydrogens (tertiary/aromatic N) is 3. The second-order valence-corrected chi connectivity index (χ2v) is 10.8. The Kier molecular flexibility index (Phi) is 8.07. The summed E-state index contributed by atoms with van der Waals surface area (Å²) >= 11 is 14.6. The van der Waals surface area contributed by atoms with Crippen LogP contribution in [0.3, 0.4) is 0 Å². The van der Waals surface area contributed by atoms with Crippen LogP contribution in [0.25, 0.3) is 16.9 Å². The van der Waals surface area contributed by atoms with Crippen molar-refractivity contribution in [3.8, 4) is 16.9 Å². The van der Waals surface area contributed by atoms with E-state index in [0.29, 0.717) is 33.8 Å². The molecule has 1 N–H and O–H groups in total. The van der Waals surface area contributed by atoms with Gasteiger partial charge in [-0.25, -0.2) is 4.68 Å². The molecule has 2 amide bonds. The van der Waals surface area contributed by atoms with Crippen LogP contribution in [0, 0.1) is 0 Å². The number of anilines is 1. The normalized spacial score (nSPS) is 15.2. The third kappa shape index (κ3) is 5.32. The summed E-state index contributed by atoms with van der Waals surface area (Å²) in [5.74, 6) is 0.304. The molecule has 4 aromatic rings. The van der Waals surface area contributed by atoms with Crippen molar-refractivity contribution in [3.05, 3.63) is 100 Å². The molecule has 5 rings (SSSR count). The maximum absolute atomic E-state index is 13.7. The predicted molar refractivity (Wildman–Crippen MR) is 155 cm³/mol. The van der Waals surface area contributed by atoms with E-state index in [-0.39, 0.29) is 29.4 Å². The molecule has 3 aromatic carbocycles. The molecule has 0 saturated heterocycles. The monoisotopic (exact) mass is 564 g/mol. The standard InChI is InChI=1S/C29H26Cl2N4O2S/c1-2-15-32-24(36)17-34-25(37)18-38-28(20-11-8-12-21(30)16-20)26-27(19-9-4-3-5-10-19)33-35(29(26)34)23-14-7-6-13-22(23)31/h3-14,16,28H,2,15,17-18H2,1H3,(H,32,36)/t28-/m1/s1. The number of para-hydroxylation sites is 1. The van der Waals surface area contributed by atoms with Gasteiger partial charge in [-0.3, -0.25) is 14.5 Å². The number of halogens is 2. The van der Waals surface area contributed by atoms with Crippen molar-refractivity contribution in [1.82, 2.24) is 15.1 Å². The van der Waals surface area contributed by atoms with Crippen LogP contribution >= 0.6 is 35.0 Å². The molecule has 38 heavy (non-hydrogen) atoms. The summed E-state index contributed by atoms with van der Waals surface area (Å²) in [6.45, 7) is 2.39. The maximum Gasteiger partial charge on any atom is 0.240 e. The van der Waals surface area contributed by atoms with Crippen molar-refractivity contribution in [1.29, 1.82) is 0 Å². The van der Waals surface area contributed by atoms with Gasteiger partial charge in [-0.15, -0.1) is 11.8 Å². The molecule has 2 heterocycles. The zero-order valence-electron chi connectivity index (χ0n) is 20.7. The van der Waals surface area contributed by atoms with Crippen LogP contribution in [0.15, 0.2) is 78.9 Å². The second kappa shape index (κ2) is 11.6. The summed E-state index contributed by atoms with van der Waals surface area (Å²) in [4.78, 5) is 28.2. The molecular formula is C29H26Cl2N4O2S. The lowest BCUT2D eigenvalue weighted by Gasteiger charge is -2.23. The van der Waals surface area contributed by atoms with Gasteiger partial charge in [0.25, 0.3) is 0 Å². The molecule has 1 aliphatic heterocycles. The average molecular weight is 566 g/mol.